The smallest absolute Gasteiger partial charge is 0.227 e. The maximum atomic E-state index is 14.3. The molecule has 25 heavy (non-hydrogen) atoms. The van der Waals surface area contributed by atoms with E-state index in [2.05, 4.69) is 0 Å². The van der Waals surface area contributed by atoms with Gasteiger partial charge < -0.3 is 14.4 Å². The minimum absolute atomic E-state index is 0.0980. The van der Waals surface area contributed by atoms with Gasteiger partial charge in [-0.15, -0.1) is 0 Å². The zero-order chi connectivity index (χ0) is 17.8. The van der Waals surface area contributed by atoms with E-state index in [1.54, 1.807) is 19.1 Å². The third-order valence-corrected chi connectivity index (χ3v) is 3.92. The monoisotopic (exact) mass is 340 g/mol. The van der Waals surface area contributed by atoms with Crippen LogP contribution >= 0.6 is 0 Å². The first-order chi connectivity index (χ1) is 12.1. The van der Waals surface area contributed by atoms with Crippen molar-refractivity contribution in [3.05, 3.63) is 53.3 Å². The number of hydrogen-bond acceptors (Lipinski definition) is 4. The summed E-state index contributed by atoms with van der Waals surface area (Å²) in [6.45, 7) is 2.85. The molecule has 3 rings (SSSR count). The van der Waals surface area contributed by atoms with Crippen LogP contribution in [0.4, 0.5) is 10.1 Å². The Bertz CT molecular complexity index is 845. The van der Waals surface area contributed by atoms with Crippen LogP contribution < -0.4 is 14.4 Å². The van der Waals surface area contributed by atoms with Crippen LogP contribution in [0.1, 0.15) is 24.5 Å². The van der Waals surface area contributed by atoms with Gasteiger partial charge in [0.25, 0.3) is 0 Å². The number of nitrogens with zero attached hydrogens (tertiary/aromatic N) is 2. The summed E-state index contributed by atoms with van der Waals surface area (Å²) in [4.78, 5) is 13.7. The van der Waals surface area contributed by atoms with Gasteiger partial charge in [0.05, 0.1) is 23.9 Å². The molecule has 5 nitrogen and oxygen atoms in total. The second-order valence-corrected chi connectivity index (χ2v) is 5.59. The quantitative estimate of drug-likeness (QED) is 0.856. The second-order valence-electron chi connectivity index (χ2n) is 5.59. The van der Waals surface area contributed by atoms with Crippen molar-refractivity contribution in [2.45, 2.75) is 19.9 Å². The third-order valence-electron chi connectivity index (χ3n) is 3.92. The van der Waals surface area contributed by atoms with E-state index in [0.717, 1.165) is 5.56 Å². The average molecular weight is 340 g/mol. The molecular weight excluding hydrogens is 323 g/mol. The van der Waals surface area contributed by atoms with Gasteiger partial charge in [-0.05, 0) is 35.9 Å². The fourth-order valence-corrected chi connectivity index (χ4v) is 2.66. The minimum Gasteiger partial charge on any atom is -0.486 e. The predicted molar refractivity (Wildman–Crippen MR) is 90.0 cm³/mol. The number of halogens is 1. The first kappa shape index (κ1) is 16.8. The number of rotatable bonds is 4. The van der Waals surface area contributed by atoms with E-state index in [1.165, 1.54) is 23.1 Å². The molecule has 1 aliphatic heterocycles. The molecule has 0 saturated carbocycles. The second kappa shape index (κ2) is 7.22. The summed E-state index contributed by atoms with van der Waals surface area (Å²) >= 11 is 0. The normalized spacial score (nSPS) is 12.4. The molecule has 128 valence electrons. The lowest BCUT2D eigenvalue weighted by Crippen LogP contribution is -2.30. The molecule has 1 heterocycles. The van der Waals surface area contributed by atoms with Crippen molar-refractivity contribution in [2.75, 3.05) is 18.1 Å². The summed E-state index contributed by atoms with van der Waals surface area (Å²) in [6, 6.07) is 11.3. The van der Waals surface area contributed by atoms with E-state index in [9.17, 15) is 9.18 Å². The number of carbonyl (C=O) groups is 1. The highest BCUT2D eigenvalue weighted by Gasteiger charge is 2.20. The van der Waals surface area contributed by atoms with Crippen molar-refractivity contribution in [2.24, 2.45) is 0 Å². The van der Waals surface area contributed by atoms with Crippen LogP contribution in [0.3, 0.4) is 0 Å². The highest BCUT2D eigenvalue weighted by Crippen LogP contribution is 2.32. The average Bonchev–Trinajstić information content (AvgIpc) is 2.66. The molecule has 6 heteroatoms. The van der Waals surface area contributed by atoms with E-state index in [1.807, 2.05) is 12.1 Å². The largest absolute Gasteiger partial charge is 0.486 e. The summed E-state index contributed by atoms with van der Waals surface area (Å²) in [5.74, 6) is 0.488. The van der Waals surface area contributed by atoms with Gasteiger partial charge in [-0.3, -0.25) is 4.79 Å². The van der Waals surface area contributed by atoms with Crippen molar-refractivity contribution >= 4 is 11.6 Å². The van der Waals surface area contributed by atoms with Crippen molar-refractivity contribution in [3.8, 4) is 17.6 Å². The van der Waals surface area contributed by atoms with Crippen LogP contribution in [-0.4, -0.2) is 19.1 Å². The van der Waals surface area contributed by atoms with Crippen LogP contribution in [0.15, 0.2) is 36.4 Å². The lowest BCUT2D eigenvalue weighted by molar-refractivity contribution is -0.118. The Labute approximate surface area is 145 Å². The number of benzene rings is 2. The minimum atomic E-state index is -0.543. The van der Waals surface area contributed by atoms with Crippen LogP contribution in [0.2, 0.25) is 0 Å². The molecule has 0 spiro atoms. The first-order valence-electron chi connectivity index (χ1n) is 8.01. The Kier molecular flexibility index (Phi) is 4.85. The number of ether oxygens (including phenoxy) is 2. The number of carbonyl (C=O) groups excluding carboxylic acids is 1. The molecule has 0 unspecified atom stereocenters. The molecule has 0 N–H and O–H groups in total. The molecule has 2 aromatic carbocycles. The molecule has 1 aliphatic rings. The fraction of sp³-hybridized carbons (Fsp3) is 0.263. The molecule has 0 aliphatic carbocycles. The number of anilines is 1. The molecule has 0 fully saturated rings. The van der Waals surface area contributed by atoms with E-state index >= 15 is 0 Å². The molecule has 0 aromatic heterocycles. The van der Waals surface area contributed by atoms with Crippen LogP contribution in [-0.2, 0) is 11.3 Å². The Morgan fingerprint density at radius 2 is 1.96 bits per heavy atom. The summed E-state index contributed by atoms with van der Waals surface area (Å²) in [5, 5.41) is 9.05. The van der Waals surface area contributed by atoms with Gasteiger partial charge in [0.15, 0.2) is 11.5 Å². The Morgan fingerprint density at radius 1 is 1.20 bits per heavy atom. The standard InChI is InChI=1S/C19H17FN2O3/c1-2-19(23)22(16-9-13(11-21)3-5-15(16)20)12-14-4-6-17-18(10-14)25-8-7-24-17/h3-6,9-10H,2,7-8,12H2,1H3. The number of nitriles is 1. The van der Waals surface area contributed by atoms with Crippen molar-refractivity contribution in [1.29, 1.82) is 5.26 Å². The van der Waals surface area contributed by atoms with Gasteiger partial charge >= 0.3 is 0 Å². The van der Waals surface area contributed by atoms with Crippen LogP contribution in [0.5, 0.6) is 11.5 Å². The topological polar surface area (TPSA) is 62.6 Å². The van der Waals surface area contributed by atoms with Gasteiger partial charge in [0, 0.05) is 6.42 Å². The Hall–Kier alpha value is -3.07. The summed E-state index contributed by atoms with van der Waals surface area (Å²) in [7, 11) is 0. The first-order valence-corrected chi connectivity index (χ1v) is 8.01. The lowest BCUT2D eigenvalue weighted by Gasteiger charge is -2.24. The van der Waals surface area contributed by atoms with Crippen molar-refractivity contribution in [3.63, 3.8) is 0 Å². The molecule has 1 amide bonds. The van der Waals surface area contributed by atoms with Gasteiger partial charge in [0.2, 0.25) is 5.91 Å². The highest BCUT2D eigenvalue weighted by molar-refractivity contribution is 5.93. The zero-order valence-corrected chi connectivity index (χ0v) is 13.8. The Balaban J connectivity index is 1.95. The van der Waals surface area contributed by atoms with Crippen molar-refractivity contribution in [1.82, 2.24) is 0 Å². The third kappa shape index (κ3) is 3.56. The molecule has 0 saturated heterocycles. The fourth-order valence-electron chi connectivity index (χ4n) is 2.66. The van der Waals surface area contributed by atoms with Crippen LogP contribution in [0.25, 0.3) is 0 Å². The maximum absolute atomic E-state index is 14.3. The van der Waals surface area contributed by atoms with E-state index in [0.29, 0.717) is 30.3 Å². The lowest BCUT2D eigenvalue weighted by atomic mass is 10.1. The number of amides is 1. The van der Waals surface area contributed by atoms with E-state index in [4.69, 9.17) is 14.7 Å². The SMILES string of the molecule is CCC(=O)N(Cc1ccc2c(c1)OCCO2)c1cc(C#N)ccc1F. The van der Waals surface area contributed by atoms with E-state index < -0.39 is 5.82 Å². The summed E-state index contributed by atoms with van der Waals surface area (Å²) in [5.41, 5.74) is 1.18. The highest BCUT2D eigenvalue weighted by atomic mass is 19.1. The summed E-state index contributed by atoms with van der Waals surface area (Å²) < 4.78 is 25.3. The molecule has 2 aromatic rings. The van der Waals surface area contributed by atoms with E-state index in [-0.39, 0.29) is 24.6 Å². The van der Waals surface area contributed by atoms with Gasteiger partial charge in [0.1, 0.15) is 19.0 Å². The zero-order valence-electron chi connectivity index (χ0n) is 13.8. The predicted octanol–water partition coefficient (Wildman–Crippen LogP) is 3.41. The maximum Gasteiger partial charge on any atom is 0.227 e. The molecule has 0 radical (unpaired) electrons. The number of fused-ring (bicyclic) bond motifs is 1. The molecular formula is C19H17FN2O3. The van der Waals surface area contributed by atoms with Crippen LogP contribution in [0, 0.1) is 17.1 Å². The number of hydrogen-bond donors (Lipinski definition) is 0. The van der Waals surface area contributed by atoms with Gasteiger partial charge in [-0.25, -0.2) is 4.39 Å². The molecule has 0 atom stereocenters. The summed E-state index contributed by atoms with van der Waals surface area (Å²) in [6.07, 6.45) is 0.223. The molecule has 0 bridgehead atoms. The Morgan fingerprint density at radius 3 is 2.68 bits per heavy atom. The van der Waals surface area contributed by atoms with Gasteiger partial charge in [-0.2, -0.15) is 5.26 Å². The van der Waals surface area contributed by atoms with Gasteiger partial charge in [-0.1, -0.05) is 13.0 Å². The van der Waals surface area contributed by atoms with Crippen molar-refractivity contribution < 1.29 is 18.7 Å².